The molecule has 0 amide bonds. The highest BCUT2D eigenvalue weighted by molar-refractivity contribution is 5.39. The van der Waals surface area contributed by atoms with Gasteiger partial charge in [0, 0.05) is 12.6 Å². The summed E-state index contributed by atoms with van der Waals surface area (Å²) < 4.78 is 0. The molecule has 15 heavy (non-hydrogen) atoms. The van der Waals surface area contributed by atoms with Crippen molar-refractivity contribution in [2.45, 2.75) is 13.0 Å². The Morgan fingerprint density at radius 1 is 1.53 bits per heavy atom. The zero-order chi connectivity index (χ0) is 11.3. The summed E-state index contributed by atoms with van der Waals surface area (Å²) in [7, 11) is 4.05. The van der Waals surface area contributed by atoms with Crippen molar-refractivity contribution >= 4 is 5.82 Å². The third-order valence-electron chi connectivity index (χ3n) is 1.90. The molecule has 1 unspecified atom stereocenters. The molecule has 4 nitrogen and oxygen atoms in total. The maximum Gasteiger partial charge on any atom is 0.142 e. The van der Waals surface area contributed by atoms with E-state index in [0.29, 0.717) is 11.7 Å². The highest BCUT2D eigenvalue weighted by Gasteiger charge is 2.04. The van der Waals surface area contributed by atoms with Crippen LogP contribution in [0.1, 0.15) is 12.6 Å². The zero-order valence-electron chi connectivity index (χ0n) is 9.36. The minimum absolute atomic E-state index is 0.307. The minimum atomic E-state index is 0.307. The molecule has 1 aromatic rings. The first-order valence-corrected chi connectivity index (χ1v) is 4.90. The summed E-state index contributed by atoms with van der Waals surface area (Å²) in [5.74, 6) is 0.753. The van der Waals surface area contributed by atoms with Crippen molar-refractivity contribution in [2.75, 3.05) is 26.0 Å². The molecule has 1 aromatic heterocycles. The second-order valence-corrected chi connectivity index (χ2v) is 3.83. The molecule has 0 saturated carbocycles. The predicted molar refractivity (Wildman–Crippen MR) is 60.6 cm³/mol. The third-order valence-corrected chi connectivity index (χ3v) is 1.90. The van der Waals surface area contributed by atoms with Gasteiger partial charge in [0.25, 0.3) is 0 Å². The van der Waals surface area contributed by atoms with Crippen LogP contribution in [-0.4, -0.2) is 36.6 Å². The van der Waals surface area contributed by atoms with Crippen LogP contribution < -0.4 is 5.32 Å². The predicted octanol–water partition coefficient (Wildman–Crippen LogP) is 1.32. The summed E-state index contributed by atoms with van der Waals surface area (Å²) in [6.07, 6.45) is 0. The van der Waals surface area contributed by atoms with Crippen LogP contribution >= 0.6 is 0 Å². The molecule has 0 aliphatic heterocycles. The third kappa shape index (κ3) is 3.96. The van der Waals surface area contributed by atoms with Crippen molar-refractivity contribution in [2.24, 2.45) is 0 Å². The van der Waals surface area contributed by atoms with Crippen molar-refractivity contribution in [3.63, 3.8) is 0 Å². The summed E-state index contributed by atoms with van der Waals surface area (Å²) in [5, 5.41) is 11.9. The Bertz CT molecular complexity index is 354. The van der Waals surface area contributed by atoms with Crippen molar-refractivity contribution in [1.82, 2.24) is 9.88 Å². The quantitative estimate of drug-likeness (QED) is 0.803. The number of rotatable bonds is 4. The highest BCUT2D eigenvalue weighted by atomic mass is 15.1. The van der Waals surface area contributed by atoms with Crippen molar-refractivity contribution < 1.29 is 0 Å². The molecule has 80 valence electrons. The number of nitrogens with one attached hydrogen (secondary N) is 1. The van der Waals surface area contributed by atoms with Crippen LogP contribution in [0, 0.1) is 11.3 Å². The molecular formula is C11H16N4. The number of likely N-dealkylation sites (N-methyl/N-ethyl adjacent to an activating group) is 1. The topological polar surface area (TPSA) is 52.0 Å². The van der Waals surface area contributed by atoms with Crippen molar-refractivity contribution in [3.8, 4) is 6.07 Å². The Hall–Kier alpha value is -1.60. The molecule has 4 heteroatoms. The fourth-order valence-electron chi connectivity index (χ4n) is 1.42. The molecule has 0 aliphatic carbocycles. The molecule has 0 bridgehead atoms. The lowest BCUT2D eigenvalue weighted by Gasteiger charge is -2.18. The molecule has 0 saturated heterocycles. The number of aromatic nitrogens is 1. The van der Waals surface area contributed by atoms with E-state index >= 15 is 0 Å². The van der Waals surface area contributed by atoms with Crippen LogP contribution in [0.25, 0.3) is 0 Å². The standard InChI is InChI=1S/C11H16N4/c1-9(8-15(2)3)13-11-6-4-5-10(7-12)14-11/h4-6,9H,8H2,1-3H3,(H,13,14). The first-order chi connectivity index (χ1) is 7.11. The normalized spacial score (nSPS) is 12.2. The van der Waals surface area contributed by atoms with Gasteiger partial charge < -0.3 is 10.2 Å². The molecule has 0 aromatic carbocycles. The van der Waals surface area contributed by atoms with E-state index in [-0.39, 0.29) is 0 Å². The first-order valence-electron chi connectivity index (χ1n) is 4.90. The average molecular weight is 204 g/mol. The molecular weight excluding hydrogens is 188 g/mol. The number of nitriles is 1. The van der Waals surface area contributed by atoms with E-state index in [1.165, 1.54) is 0 Å². The summed E-state index contributed by atoms with van der Waals surface area (Å²) in [6, 6.07) is 7.72. The van der Waals surface area contributed by atoms with Crippen LogP contribution in [0.3, 0.4) is 0 Å². The molecule has 1 N–H and O–H groups in total. The van der Waals surface area contributed by atoms with E-state index in [1.54, 1.807) is 6.07 Å². The first kappa shape index (κ1) is 11.5. The van der Waals surface area contributed by atoms with Gasteiger partial charge in [-0.2, -0.15) is 5.26 Å². The van der Waals surface area contributed by atoms with Gasteiger partial charge in [-0.05, 0) is 33.2 Å². The van der Waals surface area contributed by atoms with E-state index in [0.717, 1.165) is 12.4 Å². The van der Waals surface area contributed by atoms with Gasteiger partial charge in [-0.1, -0.05) is 6.07 Å². The van der Waals surface area contributed by atoms with Crippen LogP contribution in [0.15, 0.2) is 18.2 Å². The second-order valence-electron chi connectivity index (χ2n) is 3.83. The van der Waals surface area contributed by atoms with E-state index in [2.05, 4.69) is 22.1 Å². The zero-order valence-corrected chi connectivity index (χ0v) is 9.36. The highest BCUT2D eigenvalue weighted by Crippen LogP contribution is 2.05. The number of hydrogen-bond acceptors (Lipinski definition) is 4. The fourth-order valence-corrected chi connectivity index (χ4v) is 1.42. The Morgan fingerprint density at radius 3 is 2.87 bits per heavy atom. The Balaban J connectivity index is 2.60. The van der Waals surface area contributed by atoms with E-state index < -0.39 is 0 Å². The Labute approximate surface area is 90.5 Å². The second kappa shape index (κ2) is 5.32. The minimum Gasteiger partial charge on any atom is -0.366 e. The summed E-state index contributed by atoms with van der Waals surface area (Å²) in [5.41, 5.74) is 0.442. The smallest absolute Gasteiger partial charge is 0.142 e. The van der Waals surface area contributed by atoms with Gasteiger partial charge in [-0.25, -0.2) is 4.98 Å². The Morgan fingerprint density at radius 2 is 2.27 bits per heavy atom. The van der Waals surface area contributed by atoms with Gasteiger partial charge in [0.1, 0.15) is 17.6 Å². The Kier molecular flexibility index (Phi) is 4.07. The fraction of sp³-hybridized carbons (Fsp3) is 0.455. The SMILES string of the molecule is CC(CN(C)C)Nc1cccc(C#N)n1. The molecule has 0 fully saturated rings. The van der Waals surface area contributed by atoms with E-state index in [9.17, 15) is 0 Å². The number of anilines is 1. The molecule has 0 spiro atoms. The molecule has 1 rings (SSSR count). The van der Waals surface area contributed by atoms with Crippen molar-refractivity contribution in [1.29, 1.82) is 5.26 Å². The van der Waals surface area contributed by atoms with Crippen LogP contribution in [-0.2, 0) is 0 Å². The van der Waals surface area contributed by atoms with Crippen LogP contribution in [0.5, 0.6) is 0 Å². The van der Waals surface area contributed by atoms with Crippen LogP contribution in [0.4, 0.5) is 5.82 Å². The summed E-state index contributed by atoms with van der Waals surface area (Å²) in [4.78, 5) is 6.25. The summed E-state index contributed by atoms with van der Waals surface area (Å²) >= 11 is 0. The molecule has 0 radical (unpaired) electrons. The van der Waals surface area contributed by atoms with Gasteiger partial charge in [-0.15, -0.1) is 0 Å². The van der Waals surface area contributed by atoms with Crippen molar-refractivity contribution in [3.05, 3.63) is 23.9 Å². The maximum absolute atomic E-state index is 8.69. The number of hydrogen-bond donors (Lipinski definition) is 1. The van der Waals surface area contributed by atoms with Gasteiger partial charge in [0.2, 0.25) is 0 Å². The van der Waals surface area contributed by atoms with E-state index in [1.807, 2.05) is 32.3 Å². The monoisotopic (exact) mass is 204 g/mol. The lowest BCUT2D eigenvalue weighted by Crippen LogP contribution is -2.29. The van der Waals surface area contributed by atoms with Gasteiger partial charge in [0.15, 0.2) is 0 Å². The lowest BCUT2D eigenvalue weighted by atomic mass is 10.3. The van der Waals surface area contributed by atoms with Gasteiger partial charge >= 0.3 is 0 Å². The largest absolute Gasteiger partial charge is 0.366 e. The molecule has 1 heterocycles. The molecule has 0 aliphatic rings. The lowest BCUT2D eigenvalue weighted by molar-refractivity contribution is 0.392. The maximum atomic E-state index is 8.69. The number of nitrogens with zero attached hydrogens (tertiary/aromatic N) is 3. The summed E-state index contributed by atoms with van der Waals surface area (Å²) in [6.45, 7) is 3.01. The number of pyridine rings is 1. The van der Waals surface area contributed by atoms with Gasteiger partial charge in [0.05, 0.1) is 0 Å². The average Bonchev–Trinajstić information content (AvgIpc) is 2.16. The van der Waals surface area contributed by atoms with Crippen LogP contribution in [0.2, 0.25) is 0 Å². The van der Waals surface area contributed by atoms with Gasteiger partial charge in [-0.3, -0.25) is 0 Å². The van der Waals surface area contributed by atoms with E-state index in [4.69, 9.17) is 5.26 Å². The molecule has 1 atom stereocenters.